The molecule has 2 unspecified atom stereocenters. The van der Waals surface area contributed by atoms with Gasteiger partial charge in [-0.25, -0.2) is 0 Å². The number of aliphatic hydroxyl groups excluding tert-OH is 1. The highest BCUT2D eigenvalue weighted by atomic mass is 16.3. The van der Waals surface area contributed by atoms with Crippen molar-refractivity contribution in [2.24, 2.45) is 0 Å². The van der Waals surface area contributed by atoms with E-state index >= 15 is 0 Å². The number of hydrogen-bond acceptors (Lipinski definition) is 4. The first-order valence-corrected chi connectivity index (χ1v) is 7.13. The molecule has 18 heavy (non-hydrogen) atoms. The molecule has 0 aromatic heterocycles. The molecule has 4 nitrogen and oxygen atoms in total. The summed E-state index contributed by atoms with van der Waals surface area (Å²) >= 11 is 0. The number of hydrogen-bond donors (Lipinski definition) is 1. The van der Waals surface area contributed by atoms with Gasteiger partial charge in [-0.15, -0.1) is 0 Å². The summed E-state index contributed by atoms with van der Waals surface area (Å²) in [5, 5.41) is 19.2. The van der Waals surface area contributed by atoms with Crippen LogP contribution in [-0.4, -0.2) is 58.8 Å². The van der Waals surface area contributed by atoms with Gasteiger partial charge in [0.2, 0.25) is 0 Å². The van der Waals surface area contributed by atoms with E-state index < -0.39 is 0 Å². The Morgan fingerprint density at radius 2 is 1.72 bits per heavy atom. The van der Waals surface area contributed by atoms with Crippen LogP contribution in [0.2, 0.25) is 0 Å². The molecule has 0 aromatic rings. The smallest absolute Gasteiger partial charge is 0.103 e. The molecule has 0 spiro atoms. The first-order chi connectivity index (χ1) is 8.54. The third kappa shape index (κ3) is 2.85. The summed E-state index contributed by atoms with van der Waals surface area (Å²) < 4.78 is 0. The lowest BCUT2D eigenvalue weighted by molar-refractivity contribution is -0.0145. The standard InChI is InChI=1S/C14H25N3O/c1-14(2,11-15)17-9-7-16(8-10-17)12-5-3-4-6-13(12)18/h12-13,18H,3-10H2,1-2H3. The molecule has 2 aliphatic rings. The van der Waals surface area contributed by atoms with E-state index in [4.69, 9.17) is 5.26 Å². The Morgan fingerprint density at radius 1 is 1.11 bits per heavy atom. The van der Waals surface area contributed by atoms with Crippen LogP contribution in [0.4, 0.5) is 0 Å². The third-order valence-corrected chi connectivity index (χ3v) is 4.54. The van der Waals surface area contributed by atoms with Gasteiger partial charge >= 0.3 is 0 Å². The first kappa shape index (κ1) is 13.8. The van der Waals surface area contributed by atoms with Crippen molar-refractivity contribution >= 4 is 0 Å². The molecule has 0 amide bonds. The topological polar surface area (TPSA) is 50.5 Å². The molecule has 1 aliphatic heterocycles. The SMILES string of the molecule is CC(C)(C#N)N1CCN(C2CCCCC2O)CC1. The number of piperazine rings is 1. The molecule has 0 bridgehead atoms. The molecule has 0 aromatic carbocycles. The zero-order valence-corrected chi connectivity index (χ0v) is 11.6. The Kier molecular flexibility index (Phi) is 4.26. The fourth-order valence-corrected chi connectivity index (χ4v) is 3.20. The Hall–Kier alpha value is -0.630. The average molecular weight is 251 g/mol. The van der Waals surface area contributed by atoms with E-state index in [0.717, 1.165) is 39.0 Å². The van der Waals surface area contributed by atoms with Crippen molar-refractivity contribution in [3.63, 3.8) is 0 Å². The summed E-state index contributed by atoms with van der Waals surface area (Å²) in [6.07, 6.45) is 4.34. The van der Waals surface area contributed by atoms with Crippen molar-refractivity contribution in [3.05, 3.63) is 0 Å². The minimum absolute atomic E-state index is 0.144. The monoisotopic (exact) mass is 251 g/mol. The van der Waals surface area contributed by atoms with Crippen LogP contribution >= 0.6 is 0 Å². The zero-order valence-electron chi connectivity index (χ0n) is 11.6. The van der Waals surface area contributed by atoms with Crippen molar-refractivity contribution in [1.29, 1.82) is 5.26 Å². The Labute approximate surface area is 110 Å². The minimum Gasteiger partial charge on any atom is -0.391 e. The van der Waals surface area contributed by atoms with Gasteiger partial charge in [0.15, 0.2) is 0 Å². The quantitative estimate of drug-likeness (QED) is 0.801. The van der Waals surface area contributed by atoms with E-state index in [1.165, 1.54) is 12.8 Å². The second-order valence-corrected chi connectivity index (χ2v) is 6.11. The van der Waals surface area contributed by atoms with Gasteiger partial charge in [-0.2, -0.15) is 5.26 Å². The lowest BCUT2D eigenvalue weighted by atomic mass is 9.90. The normalized spacial score (nSPS) is 32.1. The Morgan fingerprint density at radius 3 is 2.28 bits per heavy atom. The molecular formula is C14H25N3O. The molecule has 1 saturated heterocycles. The molecule has 0 radical (unpaired) electrons. The molecular weight excluding hydrogens is 226 g/mol. The van der Waals surface area contributed by atoms with Crippen molar-refractivity contribution in [2.75, 3.05) is 26.2 Å². The summed E-state index contributed by atoms with van der Waals surface area (Å²) in [5.41, 5.74) is -0.364. The summed E-state index contributed by atoms with van der Waals surface area (Å²) in [4.78, 5) is 4.67. The summed E-state index contributed by atoms with van der Waals surface area (Å²) in [5.74, 6) is 0. The number of nitriles is 1. The fourth-order valence-electron chi connectivity index (χ4n) is 3.20. The third-order valence-electron chi connectivity index (χ3n) is 4.54. The molecule has 1 aliphatic carbocycles. The molecule has 102 valence electrons. The second-order valence-electron chi connectivity index (χ2n) is 6.11. The number of rotatable bonds is 2. The zero-order chi connectivity index (χ0) is 13.2. The van der Waals surface area contributed by atoms with Gasteiger partial charge < -0.3 is 5.11 Å². The van der Waals surface area contributed by atoms with Gasteiger partial charge in [-0.3, -0.25) is 9.80 Å². The van der Waals surface area contributed by atoms with Crippen LogP contribution in [0.1, 0.15) is 39.5 Å². The van der Waals surface area contributed by atoms with Crippen molar-refractivity contribution in [2.45, 2.75) is 57.2 Å². The highest BCUT2D eigenvalue weighted by molar-refractivity contribution is 5.03. The van der Waals surface area contributed by atoms with Crippen LogP contribution in [0, 0.1) is 11.3 Å². The highest BCUT2D eigenvalue weighted by Gasteiger charge is 2.34. The maximum atomic E-state index is 10.1. The Bertz CT molecular complexity index is 315. The summed E-state index contributed by atoms with van der Waals surface area (Å²) in [6, 6.07) is 2.73. The molecule has 2 rings (SSSR count). The van der Waals surface area contributed by atoms with Crippen LogP contribution in [0.3, 0.4) is 0 Å². The van der Waals surface area contributed by atoms with E-state index in [2.05, 4.69) is 15.9 Å². The predicted octanol–water partition coefficient (Wildman–Crippen LogP) is 1.21. The van der Waals surface area contributed by atoms with Gasteiger partial charge in [-0.05, 0) is 26.7 Å². The summed E-state index contributed by atoms with van der Waals surface area (Å²) in [7, 11) is 0. The average Bonchev–Trinajstić information content (AvgIpc) is 2.39. The molecule has 2 fully saturated rings. The van der Waals surface area contributed by atoms with Crippen LogP contribution in [-0.2, 0) is 0 Å². The summed E-state index contributed by atoms with van der Waals surface area (Å²) in [6.45, 7) is 7.80. The van der Waals surface area contributed by atoms with E-state index in [1.807, 2.05) is 13.8 Å². The van der Waals surface area contributed by atoms with Gasteiger partial charge in [0.1, 0.15) is 5.54 Å². The van der Waals surface area contributed by atoms with Gasteiger partial charge in [0.05, 0.1) is 12.2 Å². The fraction of sp³-hybridized carbons (Fsp3) is 0.929. The van der Waals surface area contributed by atoms with E-state index in [0.29, 0.717) is 6.04 Å². The molecule has 1 heterocycles. The van der Waals surface area contributed by atoms with E-state index in [1.54, 1.807) is 0 Å². The maximum Gasteiger partial charge on any atom is 0.103 e. The predicted molar refractivity (Wildman–Crippen MR) is 71.1 cm³/mol. The van der Waals surface area contributed by atoms with Crippen LogP contribution in [0.5, 0.6) is 0 Å². The highest BCUT2D eigenvalue weighted by Crippen LogP contribution is 2.25. The number of aliphatic hydroxyl groups is 1. The molecule has 2 atom stereocenters. The minimum atomic E-state index is -0.364. The van der Waals surface area contributed by atoms with Gasteiger partial charge in [-0.1, -0.05) is 12.8 Å². The van der Waals surface area contributed by atoms with Crippen molar-refractivity contribution in [3.8, 4) is 6.07 Å². The molecule has 1 N–H and O–H groups in total. The van der Waals surface area contributed by atoms with Gasteiger partial charge in [0.25, 0.3) is 0 Å². The number of nitrogens with zero attached hydrogens (tertiary/aromatic N) is 3. The van der Waals surface area contributed by atoms with Crippen molar-refractivity contribution < 1.29 is 5.11 Å². The van der Waals surface area contributed by atoms with Crippen LogP contribution < -0.4 is 0 Å². The van der Waals surface area contributed by atoms with Crippen LogP contribution in [0.25, 0.3) is 0 Å². The lowest BCUT2D eigenvalue weighted by Gasteiger charge is -2.45. The largest absolute Gasteiger partial charge is 0.391 e. The van der Waals surface area contributed by atoms with E-state index in [-0.39, 0.29) is 11.6 Å². The maximum absolute atomic E-state index is 10.1. The lowest BCUT2D eigenvalue weighted by Crippen LogP contribution is -2.58. The Balaban J connectivity index is 1.88. The second kappa shape index (κ2) is 5.56. The van der Waals surface area contributed by atoms with Crippen LogP contribution in [0.15, 0.2) is 0 Å². The molecule has 4 heteroatoms. The van der Waals surface area contributed by atoms with Gasteiger partial charge in [0, 0.05) is 32.2 Å². The first-order valence-electron chi connectivity index (χ1n) is 7.13. The van der Waals surface area contributed by atoms with Crippen molar-refractivity contribution in [1.82, 2.24) is 9.80 Å². The molecule has 1 saturated carbocycles. The van der Waals surface area contributed by atoms with E-state index in [9.17, 15) is 5.11 Å².